The number of aromatic nitrogens is 2. The van der Waals surface area contributed by atoms with Crippen LogP contribution in [0.4, 0.5) is 10.1 Å². The average Bonchev–Trinajstić information content (AvgIpc) is 3.01. The second-order valence-corrected chi connectivity index (χ2v) is 7.12. The number of benzene rings is 1. The van der Waals surface area contributed by atoms with E-state index in [0.29, 0.717) is 11.6 Å². The summed E-state index contributed by atoms with van der Waals surface area (Å²) in [6.45, 7) is 5.30. The molecule has 0 bridgehead atoms. The average molecular weight is 330 g/mol. The molecule has 0 saturated carbocycles. The van der Waals surface area contributed by atoms with Crippen LogP contribution in [0, 0.1) is 5.82 Å². The van der Waals surface area contributed by atoms with E-state index >= 15 is 0 Å². The highest BCUT2D eigenvalue weighted by atomic mass is 35.5. The molecule has 0 amide bonds. The summed E-state index contributed by atoms with van der Waals surface area (Å²) in [6.07, 6.45) is 2.56. The predicted molar refractivity (Wildman–Crippen MR) is 90.9 cm³/mol. The molecule has 118 valence electrons. The molecule has 5 heteroatoms. The Hall–Kier alpha value is -2.07. The fourth-order valence-electron chi connectivity index (χ4n) is 3.36. The first-order valence-corrected chi connectivity index (χ1v) is 8.01. The molecular weight excluding hydrogens is 313 g/mol. The van der Waals surface area contributed by atoms with E-state index in [9.17, 15) is 4.39 Å². The molecule has 1 aliphatic rings. The van der Waals surface area contributed by atoms with Crippen molar-refractivity contribution in [2.75, 3.05) is 11.9 Å². The Bertz CT molecular complexity index is 897. The Balaban J connectivity index is 1.88. The Kier molecular flexibility index (Phi) is 3.13. The van der Waals surface area contributed by atoms with Crippen molar-refractivity contribution >= 4 is 22.9 Å². The van der Waals surface area contributed by atoms with Gasteiger partial charge in [-0.15, -0.1) is 0 Å². The normalized spacial score (nSPS) is 15.7. The van der Waals surface area contributed by atoms with Crippen molar-refractivity contribution in [2.24, 2.45) is 0 Å². The molecule has 0 fully saturated rings. The molecule has 3 heterocycles. The number of pyridine rings is 1. The van der Waals surface area contributed by atoms with Crippen molar-refractivity contribution in [3.63, 3.8) is 0 Å². The van der Waals surface area contributed by atoms with E-state index in [1.165, 1.54) is 17.8 Å². The summed E-state index contributed by atoms with van der Waals surface area (Å²) < 4.78 is 15.2. The highest BCUT2D eigenvalue weighted by Gasteiger charge is 2.33. The summed E-state index contributed by atoms with van der Waals surface area (Å²) in [4.78, 5) is 4.50. The molecule has 0 radical (unpaired) electrons. The summed E-state index contributed by atoms with van der Waals surface area (Å²) in [5.41, 5.74) is 5.34. The predicted octanol–water partition coefficient (Wildman–Crippen LogP) is 4.42. The Morgan fingerprint density at radius 3 is 2.78 bits per heavy atom. The number of nitrogens with zero attached hydrogens (tertiary/aromatic N) is 2. The van der Waals surface area contributed by atoms with Gasteiger partial charge in [0, 0.05) is 30.1 Å². The van der Waals surface area contributed by atoms with Gasteiger partial charge in [-0.3, -0.25) is 4.40 Å². The SMILES string of the molecule is CC1(C)CNc2cc(Cc3ccc(F)cc3)c3nc(Cl)cn3c21. The molecule has 0 unspecified atom stereocenters. The minimum absolute atomic E-state index is 0.0199. The highest BCUT2D eigenvalue weighted by Crippen LogP contribution is 2.38. The molecule has 23 heavy (non-hydrogen) atoms. The molecule has 1 aliphatic heterocycles. The number of anilines is 1. The molecule has 3 nitrogen and oxygen atoms in total. The van der Waals surface area contributed by atoms with Gasteiger partial charge >= 0.3 is 0 Å². The second kappa shape index (κ2) is 4.96. The van der Waals surface area contributed by atoms with Gasteiger partial charge in [-0.25, -0.2) is 9.37 Å². The van der Waals surface area contributed by atoms with Gasteiger partial charge in [0.1, 0.15) is 16.6 Å². The van der Waals surface area contributed by atoms with E-state index in [1.54, 1.807) is 12.1 Å². The molecule has 4 rings (SSSR count). The minimum atomic E-state index is -0.222. The third kappa shape index (κ3) is 2.38. The van der Waals surface area contributed by atoms with Crippen LogP contribution in [0.15, 0.2) is 36.5 Å². The Morgan fingerprint density at radius 1 is 1.30 bits per heavy atom. The maximum Gasteiger partial charge on any atom is 0.148 e. The van der Waals surface area contributed by atoms with Crippen LogP contribution in [0.5, 0.6) is 0 Å². The molecule has 1 N–H and O–H groups in total. The minimum Gasteiger partial charge on any atom is -0.383 e. The van der Waals surface area contributed by atoms with E-state index in [2.05, 4.69) is 34.6 Å². The van der Waals surface area contributed by atoms with Crippen LogP contribution in [0.1, 0.15) is 30.7 Å². The monoisotopic (exact) mass is 329 g/mol. The van der Waals surface area contributed by atoms with E-state index in [4.69, 9.17) is 11.6 Å². The molecule has 2 aromatic heterocycles. The number of hydrogen-bond donors (Lipinski definition) is 1. The number of fused-ring (bicyclic) bond motifs is 3. The van der Waals surface area contributed by atoms with Crippen molar-refractivity contribution in [3.8, 4) is 0 Å². The summed E-state index contributed by atoms with van der Waals surface area (Å²) in [7, 11) is 0. The van der Waals surface area contributed by atoms with Gasteiger partial charge in [0.25, 0.3) is 0 Å². The Labute approximate surface area is 139 Å². The van der Waals surface area contributed by atoms with Gasteiger partial charge in [-0.1, -0.05) is 37.6 Å². The van der Waals surface area contributed by atoms with Gasteiger partial charge in [-0.2, -0.15) is 0 Å². The first-order chi connectivity index (χ1) is 10.9. The van der Waals surface area contributed by atoms with Crippen molar-refractivity contribution in [3.05, 3.63) is 64.3 Å². The number of hydrogen-bond acceptors (Lipinski definition) is 2. The smallest absolute Gasteiger partial charge is 0.148 e. The lowest BCUT2D eigenvalue weighted by Gasteiger charge is -2.19. The lowest BCUT2D eigenvalue weighted by Crippen LogP contribution is -2.21. The van der Waals surface area contributed by atoms with Gasteiger partial charge in [0.15, 0.2) is 0 Å². The molecule has 0 atom stereocenters. The van der Waals surface area contributed by atoms with Crippen LogP contribution in [-0.4, -0.2) is 15.9 Å². The number of rotatable bonds is 2. The van der Waals surface area contributed by atoms with Crippen molar-refractivity contribution in [2.45, 2.75) is 25.7 Å². The van der Waals surface area contributed by atoms with Gasteiger partial charge in [0.05, 0.1) is 11.4 Å². The van der Waals surface area contributed by atoms with Gasteiger partial charge in [-0.05, 0) is 23.8 Å². The first-order valence-electron chi connectivity index (χ1n) is 7.63. The van der Waals surface area contributed by atoms with Crippen LogP contribution in [0.3, 0.4) is 0 Å². The molecule has 0 spiro atoms. The van der Waals surface area contributed by atoms with Crippen LogP contribution in [0.25, 0.3) is 5.65 Å². The Morgan fingerprint density at radius 2 is 2.04 bits per heavy atom. The van der Waals surface area contributed by atoms with Crippen molar-refractivity contribution < 1.29 is 4.39 Å². The fraction of sp³-hybridized carbons (Fsp3) is 0.278. The van der Waals surface area contributed by atoms with Crippen LogP contribution < -0.4 is 5.32 Å². The molecule has 0 saturated heterocycles. The van der Waals surface area contributed by atoms with E-state index in [0.717, 1.165) is 29.0 Å². The van der Waals surface area contributed by atoms with Crippen LogP contribution >= 0.6 is 11.6 Å². The van der Waals surface area contributed by atoms with E-state index in [1.807, 2.05) is 6.20 Å². The van der Waals surface area contributed by atoms with Gasteiger partial charge < -0.3 is 5.32 Å². The van der Waals surface area contributed by atoms with Crippen molar-refractivity contribution in [1.82, 2.24) is 9.38 Å². The zero-order chi connectivity index (χ0) is 16.2. The molecule has 3 aromatic rings. The summed E-state index contributed by atoms with van der Waals surface area (Å²) in [6, 6.07) is 8.73. The molecule has 1 aromatic carbocycles. The first kappa shape index (κ1) is 14.5. The number of nitrogens with one attached hydrogen (secondary N) is 1. The largest absolute Gasteiger partial charge is 0.383 e. The third-order valence-electron chi connectivity index (χ3n) is 4.45. The zero-order valence-corrected chi connectivity index (χ0v) is 13.8. The third-order valence-corrected chi connectivity index (χ3v) is 4.63. The topological polar surface area (TPSA) is 29.3 Å². The number of imidazole rings is 1. The van der Waals surface area contributed by atoms with E-state index in [-0.39, 0.29) is 11.2 Å². The lowest BCUT2D eigenvalue weighted by atomic mass is 9.90. The standard InChI is InChI=1S/C18H17ClFN3/c1-18(2)10-21-14-8-12(7-11-3-5-13(20)6-4-11)17-22-15(19)9-23(17)16(14)18/h3-6,8-9,21H,7,10H2,1-2H3. The van der Waals surface area contributed by atoms with Crippen LogP contribution in [-0.2, 0) is 11.8 Å². The summed E-state index contributed by atoms with van der Waals surface area (Å²) in [5, 5.41) is 3.96. The van der Waals surface area contributed by atoms with Gasteiger partial charge in [0.2, 0.25) is 0 Å². The lowest BCUT2D eigenvalue weighted by molar-refractivity contribution is 0.561. The van der Waals surface area contributed by atoms with Crippen LogP contribution in [0.2, 0.25) is 5.15 Å². The van der Waals surface area contributed by atoms with Crippen molar-refractivity contribution in [1.29, 1.82) is 0 Å². The molecule has 0 aliphatic carbocycles. The maximum atomic E-state index is 13.1. The quantitative estimate of drug-likeness (QED) is 0.754. The number of halogens is 2. The fourth-order valence-corrected chi connectivity index (χ4v) is 3.54. The molecular formula is C18H17ClFN3. The summed E-state index contributed by atoms with van der Waals surface area (Å²) >= 11 is 6.17. The highest BCUT2D eigenvalue weighted by molar-refractivity contribution is 6.29. The van der Waals surface area contributed by atoms with E-state index < -0.39 is 0 Å². The maximum absolute atomic E-state index is 13.1. The second-order valence-electron chi connectivity index (χ2n) is 6.73. The summed E-state index contributed by atoms with van der Waals surface area (Å²) in [5.74, 6) is -0.222. The zero-order valence-electron chi connectivity index (χ0n) is 13.0.